The van der Waals surface area contributed by atoms with E-state index in [2.05, 4.69) is 24.9 Å². The quantitative estimate of drug-likeness (QED) is 0.554. The van der Waals surface area contributed by atoms with E-state index in [4.69, 9.17) is 5.73 Å². The SMILES string of the molecule is Nc1nc2nc(-c3ccccn3)[nH]c2c(=O)[nH]1. The molecule has 3 aromatic rings. The van der Waals surface area contributed by atoms with Crippen molar-refractivity contribution in [3.05, 3.63) is 34.7 Å². The van der Waals surface area contributed by atoms with Crippen LogP contribution in [0.3, 0.4) is 0 Å². The minimum Gasteiger partial charge on any atom is -0.369 e. The number of rotatable bonds is 1. The number of anilines is 1. The summed E-state index contributed by atoms with van der Waals surface area (Å²) in [5.41, 5.74) is 6.31. The Morgan fingerprint density at radius 1 is 1.18 bits per heavy atom. The highest BCUT2D eigenvalue weighted by Crippen LogP contribution is 2.14. The Balaban J connectivity index is 2.28. The van der Waals surface area contributed by atoms with Crippen LogP contribution in [0.25, 0.3) is 22.7 Å². The highest BCUT2D eigenvalue weighted by atomic mass is 16.1. The first-order valence-electron chi connectivity index (χ1n) is 4.91. The number of nitrogens with one attached hydrogen (secondary N) is 2. The maximum Gasteiger partial charge on any atom is 0.278 e. The van der Waals surface area contributed by atoms with Gasteiger partial charge in [0.05, 0.1) is 0 Å². The summed E-state index contributed by atoms with van der Waals surface area (Å²) in [5.74, 6) is 0.533. The molecule has 0 radical (unpaired) electrons. The van der Waals surface area contributed by atoms with Crippen LogP contribution in [0, 0.1) is 0 Å². The Bertz CT molecular complexity index is 729. The molecule has 0 atom stereocenters. The lowest BCUT2D eigenvalue weighted by molar-refractivity contribution is 1.17. The van der Waals surface area contributed by atoms with Crippen LogP contribution < -0.4 is 11.3 Å². The van der Waals surface area contributed by atoms with E-state index in [-0.39, 0.29) is 17.2 Å². The van der Waals surface area contributed by atoms with Gasteiger partial charge in [-0.15, -0.1) is 0 Å². The van der Waals surface area contributed by atoms with Gasteiger partial charge in [0.2, 0.25) is 5.95 Å². The van der Waals surface area contributed by atoms with E-state index < -0.39 is 0 Å². The smallest absolute Gasteiger partial charge is 0.278 e. The van der Waals surface area contributed by atoms with Gasteiger partial charge >= 0.3 is 0 Å². The largest absolute Gasteiger partial charge is 0.369 e. The fraction of sp³-hybridized carbons (Fsp3) is 0. The summed E-state index contributed by atoms with van der Waals surface area (Å²) in [7, 11) is 0. The summed E-state index contributed by atoms with van der Waals surface area (Å²) in [6.07, 6.45) is 1.65. The Morgan fingerprint density at radius 2 is 2.06 bits per heavy atom. The van der Waals surface area contributed by atoms with Crippen LogP contribution in [-0.4, -0.2) is 24.9 Å². The van der Waals surface area contributed by atoms with Crippen molar-refractivity contribution in [2.75, 3.05) is 5.73 Å². The van der Waals surface area contributed by atoms with Crippen molar-refractivity contribution < 1.29 is 0 Å². The number of imidazole rings is 1. The third-order valence-electron chi connectivity index (χ3n) is 2.29. The van der Waals surface area contributed by atoms with Crippen molar-refractivity contribution >= 4 is 17.1 Å². The summed E-state index contributed by atoms with van der Waals surface area (Å²) < 4.78 is 0. The Kier molecular flexibility index (Phi) is 1.91. The molecule has 0 fully saturated rings. The number of hydrogen-bond donors (Lipinski definition) is 3. The van der Waals surface area contributed by atoms with Crippen LogP contribution in [0.15, 0.2) is 29.2 Å². The molecule has 0 saturated heterocycles. The number of nitrogens with two attached hydrogens (primary N) is 1. The monoisotopic (exact) mass is 228 g/mol. The Labute approximate surface area is 94.8 Å². The second-order valence-electron chi connectivity index (χ2n) is 3.45. The molecular formula is C10H8N6O. The molecule has 17 heavy (non-hydrogen) atoms. The number of H-pyrrole nitrogens is 2. The molecule has 0 unspecified atom stereocenters. The zero-order chi connectivity index (χ0) is 11.8. The minimum absolute atomic E-state index is 0.0431. The second-order valence-corrected chi connectivity index (χ2v) is 3.45. The molecule has 0 aliphatic carbocycles. The molecule has 0 aliphatic rings. The standard InChI is InChI=1S/C10H8N6O/c11-10-15-8-6(9(17)16-10)13-7(14-8)5-3-1-2-4-12-5/h1-4H,(H4,11,13,14,15,16,17). The lowest BCUT2D eigenvalue weighted by atomic mass is 10.3. The van der Waals surface area contributed by atoms with Gasteiger partial charge < -0.3 is 10.7 Å². The predicted octanol–water partition coefficient (Wildman–Crippen LogP) is 0.290. The molecule has 3 aromatic heterocycles. The minimum atomic E-state index is -0.345. The van der Waals surface area contributed by atoms with E-state index >= 15 is 0 Å². The molecule has 0 aliphatic heterocycles. The van der Waals surface area contributed by atoms with Crippen molar-refractivity contribution in [1.82, 2.24) is 24.9 Å². The van der Waals surface area contributed by atoms with Gasteiger partial charge in [-0.3, -0.25) is 14.8 Å². The van der Waals surface area contributed by atoms with Crippen molar-refractivity contribution in [2.45, 2.75) is 0 Å². The average Bonchev–Trinajstić information content (AvgIpc) is 2.74. The number of nitrogens with zero attached hydrogens (tertiary/aromatic N) is 3. The number of aromatic amines is 2. The summed E-state index contributed by atoms with van der Waals surface area (Å²) in [5, 5.41) is 0. The van der Waals surface area contributed by atoms with Crippen molar-refractivity contribution in [3.8, 4) is 11.5 Å². The number of pyridine rings is 1. The van der Waals surface area contributed by atoms with Crippen LogP contribution in [0.1, 0.15) is 0 Å². The van der Waals surface area contributed by atoms with Gasteiger partial charge in [-0.2, -0.15) is 4.98 Å². The molecule has 0 amide bonds. The van der Waals surface area contributed by atoms with Crippen LogP contribution >= 0.6 is 0 Å². The van der Waals surface area contributed by atoms with E-state index in [1.807, 2.05) is 6.07 Å². The van der Waals surface area contributed by atoms with Gasteiger partial charge in [-0.1, -0.05) is 6.07 Å². The molecule has 0 bridgehead atoms. The predicted molar refractivity (Wildman–Crippen MR) is 62.2 cm³/mol. The topological polar surface area (TPSA) is 113 Å². The lowest BCUT2D eigenvalue weighted by Gasteiger charge is -1.91. The lowest BCUT2D eigenvalue weighted by Crippen LogP contribution is -2.10. The fourth-order valence-corrected chi connectivity index (χ4v) is 1.55. The maximum atomic E-state index is 11.6. The van der Waals surface area contributed by atoms with Crippen LogP contribution in [-0.2, 0) is 0 Å². The summed E-state index contributed by atoms with van der Waals surface area (Å²) in [6, 6.07) is 5.42. The van der Waals surface area contributed by atoms with Gasteiger partial charge in [0.1, 0.15) is 5.69 Å². The first-order chi connectivity index (χ1) is 8.24. The first kappa shape index (κ1) is 9.52. The average molecular weight is 228 g/mol. The third kappa shape index (κ3) is 1.53. The molecule has 3 heterocycles. The molecule has 84 valence electrons. The van der Waals surface area contributed by atoms with Gasteiger partial charge in [0.15, 0.2) is 17.0 Å². The second kappa shape index (κ2) is 3.41. The first-order valence-corrected chi connectivity index (χ1v) is 4.91. The van der Waals surface area contributed by atoms with Crippen LogP contribution in [0.4, 0.5) is 5.95 Å². The van der Waals surface area contributed by atoms with E-state index in [1.54, 1.807) is 18.3 Å². The van der Waals surface area contributed by atoms with Crippen molar-refractivity contribution in [2.24, 2.45) is 0 Å². The molecule has 0 spiro atoms. The van der Waals surface area contributed by atoms with Crippen LogP contribution in [0.2, 0.25) is 0 Å². The fourth-order valence-electron chi connectivity index (χ4n) is 1.55. The molecule has 0 aromatic carbocycles. The van der Waals surface area contributed by atoms with E-state index in [1.165, 1.54) is 0 Å². The summed E-state index contributed by atoms with van der Waals surface area (Å²) >= 11 is 0. The molecule has 4 N–H and O–H groups in total. The van der Waals surface area contributed by atoms with Gasteiger partial charge in [-0.05, 0) is 12.1 Å². The zero-order valence-corrected chi connectivity index (χ0v) is 8.64. The molecular weight excluding hydrogens is 220 g/mol. The summed E-state index contributed by atoms with van der Waals surface area (Å²) in [6.45, 7) is 0. The van der Waals surface area contributed by atoms with Gasteiger partial charge in [0, 0.05) is 6.20 Å². The zero-order valence-electron chi connectivity index (χ0n) is 8.64. The normalized spacial score (nSPS) is 10.8. The molecule has 7 heteroatoms. The van der Waals surface area contributed by atoms with Crippen molar-refractivity contribution in [3.63, 3.8) is 0 Å². The molecule has 3 rings (SSSR count). The maximum absolute atomic E-state index is 11.6. The van der Waals surface area contributed by atoms with Gasteiger partial charge in [-0.25, -0.2) is 4.98 Å². The van der Waals surface area contributed by atoms with Crippen molar-refractivity contribution in [1.29, 1.82) is 0 Å². The third-order valence-corrected chi connectivity index (χ3v) is 2.29. The number of fused-ring (bicyclic) bond motifs is 1. The van der Waals surface area contributed by atoms with Gasteiger partial charge in [0.25, 0.3) is 5.56 Å². The highest BCUT2D eigenvalue weighted by Gasteiger charge is 2.10. The molecule has 7 nitrogen and oxygen atoms in total. The van der Waals surface area contributed by atoms with E-state index in [0.717, 1.165) is 0 Å². The number of hydrogen-bond acceptors (Lipinski definition) is 5. The van der Waals surface area contributed by atoms with E-state index in [9.17, 15) is 4.79 Å². The Morgan fingerprint density at radius 3 is 2.82 bits per heavy atom. The molecule has 0 saturated carbocycles. The number of nitrogen functional groups attached to an aromatic ring is 1. The number of aromatic nitrogens is 5. The Hall–Kier alpha value is -2.70. The van der Waals surface area contributed by atoms with E-state index in [0.29, 0.717) is 17.0 Å². The summed E-state index contributed by atoms with van der Waals surface area (Å²) in [4.78, 5) is 29.1. The van der Waals surface area contributed by atoms with Crippen LogP contribution in [0.5, 0.6) is 0 Å². The highest BCUT2D eigenvalue weighted by molar-refractivity contribution is 5.74.